The number of amides is 1. The number of nitrogens with zero attached hydrogens (tertiary/aromatic N) is 6. The standard InChI is InChI=1S/C25H30F3N7O/c1-33-11-13-34(14-12-33)21-15-22(32-24(31-21)25(26,27)28)35-10-2-3-20(17-35)23(36)30-9-8-18-4-6-19(16-29)7-5-18/h4-7,15,20H,2-3,8-14,17H2,1H3,(H,30,36)/t20-/m1/s1. The first-order chi connectivity index (χ1) is 17.2. The number of carbonyl (C=O) groups is 1. The lowest BCUT2D eigenvalue weighted by atomic mass is 9.97. The number of nitriles is 1. The second-order valence-corrected chi connectivity index (χ2v) is 9.33. The number of piperidine rings is 1. The van der Waals surface area contributed by atoms with Crippen molar-refractivity contribution < 1.29 is 18.0 Å². The monoisotopic (exact) mass is 501 g/mol. The van der Waals surface area contributed by atoms with Gasteiger partial charge in [-0.25, -0.2) is 9.97 Å². The zero-order valence-electron chi connectivity index (χ0n) is 20.3. The van der Waals surface area contributed by atoms with Gasteiger partial charge < -0.3 is 20.0 Å². The average molecular weight is 502 g/mol. The van der Waals surface area contributed by atoms with Crippen LogP contribution in [0, 0.1) is 17.2 Å². The Morgan fingerprint density at radius 2 is 1.75 bits per heavy atom. The third-order valence-electron chi connectivity index (χ3n) is 6.69. The number of piperazine rings is 1. The number of carbonyl (C=O) groups excluding carboxylic acids is 1. The number of halogens is 3. The number of hydrogen-bond acceptors (Lipinski definition) is 7. The van der Waals surface area contributed by atoms with Crippen LogP contribution in [0.3, 0.4) is 0 Å². The zero-order chi connectivity index (χ0) is 25.7. The fourth-order valence-electron chi connectivity index (χ4n) is 4.53. The van der Waals surface area contributed by atoms with Crippen LogP contribution in [0.2, 0.25) is 0 Å². The second kappa shape index (κ2) is 11.1. The molecule has 0 bridgehead atoms. The molecule has 1 amide bonds. The lowest BCUT2D eigenvalue weighted by molar-refractivity contribution is -0.144. The van der Waals surface area contributed by atoms with Gasteiger partial charge in [-0.15, -0.1) is 0 Å². The predicted molar refractivity (Wildman–Crippen MR) is 130 cm³/mol. The van der Waals surface area contributed by atoms with Crippen LogP contribution in [0.25, 0.3) is 0 Å². The Bertz CT molecular complexity index is 1090. The molecule has 1 atom stereocenters. The zero-order valence-corrected chi connectivity index (χ0v) is 20.3. The molecule has 2 aliphatic rings. The summed E-state index contributed by atoms with van der Waals surface area (Å²) in [5.41, 5.74) is 1.59. The SMILES string of the molecule is CN1CCN(c2cc(N3CCC[C@@H](C(=O)NCCc4ccc(C#N)cc4)C3)nc(C(F)(F)F)n2)CC1. The van der Waals surface area contributed by atoms with E-state index in [9.17, 15) is 18.0 Å². The van der Waals surface area contributed by atoms with E-state index in [1.807, 2.05) is 24.1 Å². The minimum atomic E-state index is -4.66. The summed E-state index contributed by atoms with van der Waals surface area (Å²) in [5, 5.41) is 11.8. The molecule has 0 saturated carbocycles. The molecule has 0 spiro atoms. The first kappa shape index (κ1) is 25.7. The van der Waals surface area contributed by atoms with Crippen molar-refractivity contribution in [1.29, 1.82) is 5.26 Å². The van der Waals surface area contributed by atoms with Crippen LogP contribution in [-0.2, 0) is 17.4 Å². The molecule has 192 valence electrons. The molecule has 1 aromatic carbocycles. The maximum Gasteiger partial charge on any atom is 0.451 e. The Hall–Kier alpha value is -3.39. The number of hydrogen-bond donors (Lipinski definition) is 1. The van der Waals surface area contributed by atoms with Crippen LogP contribution in [0.1, 0.15) is 29.8 Å². The van der Waals surface area contributed by atoms with Crippen molar-refractivity contribution in [2.45, 2.75) is 25.4 Å². The maximum atomic E-state index is 13.6. The Kier molecular flexibility index (Phi) is 7.94. The largest absolute Gasteiger partial charge is 0.451 e. The van der Waals surface area contributed by atoms with Crippen LogP contribution >= 0.6 is 0 Å². The molecular weight excluding hydrogens is 471 g/mol. The maximum absolute atomic E-state index is 13.6. The number of likely N-dealkylation sites (N-methyl/N-ethyl adjacent to an activating group) is 1. The summed E-state index contributed by atoms with van der Waals surface area (Å²) in [6.45, 7) is 3.96. The molecule has 3 heterocycles. The Morgan fingerprint density at radius 3 is 2.39 bits per heavy atom. The Balaban J connectivity index is 1.42. The van der Waals surface area contributed by atoms with E-state index in [0.717, 1.165) is 18.7 Å². The highest BCUT2D eigenvalue weighted by Gasteiger charge is 2.37. The van der Waals surface area contributed by atoms with Gasteiger partial charge in [-0.3, -0.25) is 4.79 Å². The van der Waals surface area contributed by atoms with Crippen molar-refractivity contribution in [3.63, 3.8) is 0 Å². The van der Waals surface area contributed by atoms with Crippen molar-refractivity contribution >= 4 is 17.5 Å². The highest BCUT2D eigenvalue weighted by molar-refractivity contribution is 5.79. The molecule has 36 heavy (non-hydrogen) atoms. The van der Waals surface area contributed by atoms with E-state index in [-0.39, 0.29) is 23.5 Å². The second-order valence-electron chi connectivity index (χ2n) is 9.33. The topological polar surface area (TPSA) is 88.4 Å². The molecule has 1 N–H and O–H groups in total. The van der Waals surface area contributed by atoms with Crippen molar-refractivity contribution in [2.24, 2.45) is 5.92 Å². The Labute approximate surface area is 208 Å². The molecule has 0 aliphatic carbocycles. The van der Waals surface area contributed by atoms with Crippen LogP contribution in [-0.4, -0.2) is 73.6 Å². The van der Waals surface area contributed by atoms with E-state index >= 15 is 0 Å². The van der Waals surface area contributed by atoms with Gasteiger partial charge in [0.15, 0.2) is 0 Å². The van der Waals surface area contributed by atoms with E-state index in [0.29, 0.717) is 57.5 Å². The van der Waals surface area contributed by atoms with Gasteiger partial charge in [-0.05, 0) is 44.0 Å². The number of nitrogens with one attached hydrogen (secondary N) is 1. The van der Waals surface area contributed by atoms with Gasteiger partial charge in [0.25, 0.3) is 0 Å². The summed E-state index contributed by atoms with van der Waals surface area (Å²) in [5.74, 6) is -1.12. The van der Waals surface area contributed by atoms with E-state index in [4.69, 9.17) is 5.26 Å². The van der Waals surface area contributed by atoms with Crippen LogP contribution in [0.5, 0.6) is 0 Å². The predicted octanol–water partition coefficient (Wildman–Crippen LogP) is 2.69. The number of rotatable bonds is 6. The fraction of sp³-hybridized carbons (Fsp3) is 0.520. The smallest absolute Gasteiger partial charge is 0.356 e. The summed E-state index contributed by atoms with van der Waals surface area (Å²) in [4.78, 5) is 26.3. The summed E-state index contributed by atoms with van der Waals surface area (Å²) < 4.78 is 40.9. The van der Waals surface area contributed by atoms with Gasteiger partial charge in [0.1, 0.15) is 11.6 Å². The van der Waals surface area contributed by atoms with Crippen molar-refractivity contribution in [1.82, 2.24) is 20.2 Å². The molecule has 0 radical (unpaired) electrons. The van der Waals surface area contributed by atoms with E-state index in [2.05, 4.69) is 26.3 Å². The van der Waals surface area contributed by atoms with Gasteiger partial charge in [-0.1, -0.05) is 12.1 Å². The summed E-state index contributed by atoms with van der Waals surface area (Å²) in [7, 11) is 1.98. The van der Waals surface area contributed by atoms with Gasteiger partial charge in [0.05, 0.1) is 17.6 Å². The number of benzene rings is 1. The van der Waals surface area contributed by atoms with Gasteiger partial charge in [-0.2, -0.15) is 18.4 Å². The number of aromatic nitrogens is 2. The van der Waals surface area contributed by atoms with Crippen LogP contribution in [0.4, 0.5) is 24.8 Å². The molecule has 8 nitrogen and oxygen atoms in total. The molecule has 2 aliphatic heterocycles. The van der Waals surface area contributed by atoms with Crippen molar-refractivity contribution in [3.8, 4) is 6.07 Å². The van der Waals surface area contributed by atoms with E-state index < -0.39 is 12.0 Å². The van der Waals surface area contributed by atoms with Crippen LogP contribution in [0.15, 0.2) is 30.3 Å². The van der Waals surface area contributed by atoms with E-state index in [1.54, 1.807) is 23.1 Å². The normalized spacial score (nSPS) is 19.1. The molecule has 4 rings (SSSR count). The minimum Gasteiger partial charge on any atom is -0.356 e. The molecular formula is C25H30F3N7O. The fourth-order valence-corrected chi connectivity index (χ4v) is 4.53. The molecule has 0 unspecified atom stereocenters. The first-order valence-corrected chi connectivity index (χ1v) is 12.1. The molecule has 2 aromatic rings. The summed E-state index contributed by atoms with van der Waals surface area (Å²) in [6.07, 6.45) is -2.68. The highest BCUT2D eigenvalue weighted by atomic mass is 19.4. The number of anilines is 2. The summed E-state index contributed by atoms with van der Waals surface area (Å²) in [6, 6.07) is 10.9. The van der Waals surface area contributed by atoms with Gasteiger partial charge in [0, 0.05) is 51.9 Å². The van der Waals surface area contributed by atoms with Crippen molar-refractivity contribution in [3.05, 3.63) is 47.3 Å². The third kappa shape index (κ3) is 6.43. The van der Waals surface area contributed by atoms with Gasteiger partial charge >= 0.3 is 6.18 Å². The molecule has 1 aromatic heterocycles. The van der Waals surface area contributed by atoms with Crippen LogP contribution < -0.4 is 15.1 Å². The average Bonchev–Trinajstić information content (AvgIpc) is 2.89. The Morgan fingerprint density at radius 1 is 1.08 bits per heavy atom. The van der Waals surface area contributed by atoms with Gasteiger partial charge in [0.2, 0.25) is 11.7 Å². The molecule has 11 heteroatoms. The quantitative estimate of drug-likeness (QED) is 0.651. The highest BCUT2D eigenvalue weighted by Crippen LogP contribution is 2.32. The molecule has 2 saturated heterocycles. The summed E-state index contributed by atoms with van der Waals surface area (Å²) >= 11 is 0. The lowest BCUT2D eigenvalue weighted by Gasteiger charge is -2.35. The van der Waals surface area contributed by atoms with E-state index in [1.165, 1.54) is 0 Å². The molecule has 2 fully saturated rings. The minimum absolute atomic E-state index is 0.113. The third-order valence-corrected chi connectivity index (χ3v) is 6.69. The number of alkyl halides is 3. The lowest BCUT2D eigenvalue weighted by Crippen LogP contribution is -2.45. The van der Waals surface area contributed by atoms with Crippen molar-refractivity contribution in [2.75, 3.05) is 62.7 Å². The first-order valence-electron chi connectivity index (χ1n) is 12.1.